The Kier molecular flexibility index (Phi) is 10.7. The topological polar surface area (TPSA) is 0 Å². The Hall–Kier alpha value is -3.38. The summed E-state index contributed by atoms with van der Waals surface area (Å²) in [7, 11) is 0. The second-order valence-corrected chi connectivity index (χ2v) is 18.2. The summed E-state index contributed by atoms with van der Waals surface area (Å²) in [6, 6.07) is 19.0. The maximum atomic E-state index is 4.34. The van der Waals surface area contributed by atoms with Gasteiger partial charge in [-0.25, -0.2) is 0 Å². The zero-order valence-corrected chi connectivity index (χ0v) is 32.9. The van der Waals surface area contributed by atoms with E-state index in [2.05, 4.69) is 136 Å². The van der Waals surface area contributed by atoms with Crippen LogP contribution in [-0.4, -0.2) is 0 Å². The summed E-state index contributed by atoms with van der Waals surface area (Å²) in [5.41, 5.74) is 20.6. The zero-order chi connectivity index (χ0) is 35.9. The molecule has 2 fully saturated rings. The van der Waals surface area contributed by atoms with Crippen molar-refractivity contribution >= 4 is 17.2 Å². The summed E-state index contributed by atoms with van der Waals surface area (Å²) in [6.45, 7) is 28.7. The number of aryl methyl sites for hydroxylation is 2. The lowest BCUT2D eigenvalue weighted by Crippen LogP contribution is -2.33. The van der Waals surface area contributed by atoms with Crippen molar-refractivity contribution in [3.05, 3.63) is 123 Å². The van der Waals surface area contributed by atoms with E-state index in [9.17, 15) is 0 Å². The van der Waals surface area contributed by atoms with Crippen LogP contribution in [0.3, 0.4) is 0 Å². The molecule has 50 heavy (non-hydrogen) atoms. The molecule has 1 unspecified atom stereocenters. The molecular formula is C50H64. The quantitative estimate of drug-likeness (QED) is 0.210. The van der Waals surface area contributed by atoms with Gasteiger partial charge in [0.25, 0.3) is 0 Å². The fourth-order valence-corrected chi connectivity index (χ4v) is 9.24. The van der Waals surface area contributed by atoms with Gasteiger partial charge in [0.15, 0.2) is 0 Å². The van der Waals surface area contributed by atoms with Crippen LogP contribution in [0.25, 0.3) is 28.3 Å². The summed E-state index contributed by atoms with van der Waals surface area (Å²) in [5, 5.41) is 0. The first-order chi connectivity index (χ1) is 23.7. The number of rotatable bonds is 8. The fraction of sp³-hybridized carbons (Fsp3) is 0.480. The second-order valence-electron chi connectivity index (χ2n) is 18.2. The third-order valence-corrected chi connectivity index (χ3v) is 12.1. The van der Waals surface area contributed by atoms with Crippen LogP contribution in [0, 0.1) is 42.9 Å². The van der Waals surface area contributed by atoms with Crippen LogP contribution in [0.2, 0.25) is 0 Å². The molecule has 264 valence electrons. The van der Waals surface area contributed by atoms with Crippen molar-refractivity contribution in [3.8, 4) is 11.1 Å². The fourth-order valence-electron chi connectivity index (χ4n) is 9.24. The Morgan fingerprint density at radius 3 is 2.10 bits per heavy atom. The molecule has 4 aliphatic rings. The summed E-state index contributed by atoms with van der Waals surface area (Å²) >= 11 is 0. The van der Waals surface area contributed by atoms with Gasteiger partial charge < -0.3 is 0 Å². The minimum absolute atomic E-state index is 0.500. The second kappa shape index (κ2) is 14.7. The van der Waals surface area contributed by atoms with E-state index < -0.39 is 0 Å². The molecule has 3 aromatic rings. The minimum atomic E-state index is 0.500. The molecule has 0 bridgehead atoms. The number of hydrogen-bond donors (Lipinski definition) is 0. The van der Waals surface area contributed by atoms with E-state index >= 15 is 0 Å². The van der Waals surface area contributed by atoms with Crippen molar-refractivity contribution in [1.29, 1.82) is 0 Å². The Morgan fingerprint density at radius 2 is 1.48 bits per heavy atom. The van der Waals surface area contributed by atoms with Crippen molar-refractivity contribution in [2.24, 2.45) is 29.1 Å². The number of benzene rings is 3. The molecule has 0 heteroatoms. The Balaban J connectivity index is 0.000000808. The van der Waals surface area contributed by atoms with E-state index in [0.29, 0.717) is 11.3 Å². The summed E-state index contributed by atoms with van der Waals surface area (Å²) < 4.78 is 0. The summed E-state index contributed by atoms with van der Waals surface area (Å²) in [5.74, 6) is 3.94. The molecule has 0 spiro atoms. The van der Waals surface area contributed by atoms with Crippen molar-refractivity contribution in [2.45, 2.75) is 126 Å². The van der Waals surface area contributed by atoms with Crippen molar-refractivity contribution in [1.82, 2.24) is 0 Å². The average Bonchev–Trinajstić information content (AvgIpc) is 3.61. The van der Waals surface area contributed by atoms with Crippen molar-refractivity contribution < 1.29 is 0 Å². The Bertz CT molecular complexity index is 1790. The molecule has 0 radical (unpaired) electrons. The molecule has 3 aromatic carbocycles. The van der Waals surface area contributed by atoms with E-state index in [1.807, 2.05) is 0 Å². The molecule has 0 aliphatic heterocycles. The minimum Gasteiger partial charge on any atom is -0.0998 e. The van der Waals surface area contributed by atoms with Gasteiger partial charge in [-0.2, -0.15) is 0 Å². The first kappa shape index (κ1) is 36.4. The average molecular weight is 665 g/mol. The van der Waals surface area contributed by atoms with Gasteiger partial charge in [0, 0.05) is 5.92 Å². The van der Waals surface area contributed by atoms with Crippen LogP contribution in [0.1, 0.15) is 144 Å². The van der Waals surface area contributed by atoms with Gasteiger partial charge in [0.2, 0.25) is 0 Å². The van der Waals surface area contributed by atoms with Gasteiger partial charge in [0.05, 0.1) is 0 Å². The van der Waals surface area contributed by atoms with Crippen molar-refractivity contribution in [3.63, 3.8) is 0 Å². The lowest BCUT2D eigenvalue weighted by molar-refractivity contribution is 0.108. The molecule has 0 amide bonds. The van der Waals surface area contributed by atoms with Gasteiger partial charge in [-0.3, -0.25) is 0 Å². The lowest BCUT2D eigenvalue weighted by Gasteiger charge is -2.44. The van der Waals surface area contributed by atoms with E-state index in [1.165, 1.54) is 105 Å². The molecule has 2 saturated carbocycles. The van der Waals surface area contributed by atoms with Crippen LogP contribution in [0.4, 0.5) is 0 Å². The summed E-state index contributed by atoms with van der Waals surface area (Å²) in [6.07, 6.45) is 16.5. The third-order valence-electron chi connectivity index (χ3n) is 12.1. The van der Waals surface area contributed by atoms with Gasteiger partial charge in [0.1, 0.15) is 0 Å². The van der Waals surface area contributed by atoms with Crippen LogP contribution >= 0.6 is 0 Å². The molecular weight excluding hydrogens is 601 g/mol. The standard InChI is InChI=1S/C45H52.C5H12/c1-8-29(5)36-22-37(23-36)32-13-15-33(16-14-32)42-21-31(7)40-18-17-35(25-44(40)42)38-24-39-20-30(6)41(19-27(2)3)45(43(39)26-38)34-11-9-28(4)10-12-34;1-5(2,3)4/h9-12,17-18,20-21,24-25,31-33,36-37H,2,5,8,13-16,19,22-23,26H2,1,3-4,6-7H3;1-4H3. The van der Waals surface area contributed by atoms with E-state index in [4.69, 9.17) is 0 Å². The van der Waals surface area contributed by atoms with E-state index in [1.54, 1.807) is 11.1 Å². The smallest absolute Gasteiger partial charge is 0.000174 e. The highest BCUT2D eigenvalue weighted by Crippen LogP contribution is 2.52. The highest BCUT2D eigenvalue weighted by molar-refractivity contribution is 5.94. The highest BCUT2D eigenvalue weighted by Gasteiger charge is 2.39. The summed E-state index contributed by atoms with van der Waals surface area (Å²) in [4.78, 5) is 0. The van der Waals surface area contributed by atoms with Gasteiger partial charge >= 0.3 is 0 Å². The van der Waals surface area contributed by atoms with Crippen LogP contribution in [0.5, 0.6) is 0 Å². The molecule has 0 nitrogen and oxygen atoms in total. The number of allylic oxidation sites excluding steroid dienone is 5. The molecule has 0 saturated heterocycles. The molecule has 0 aromatic heterocycles. The largest absolute Gasteiger partial charge is 0.0998 e. The lowest BCUT2D eigenvalue weighted by atomic mass is 9.61. The molecule has 7 rings (SSSR count). The molecule has 0 heterocycles. The first-order valence-corrected chi connectivity index (χ1v) is 19.8. The Labute approximate surface area is 305 Å². The van der Waals surface area contributed by atoms with Crippen molar-refractivity contribution in [2.75, 3.05) is 0 Å². The predicted molar refractivity (Wildman–Crippen MR) is 221 cm³/mol. The van der Waals surface area contributed by atoms with E-state index in [0.717, 1.165) is 42.9 Å². The third kappa shape index (κ3) is 7.91. The van der Waals surface area contributed by atoms with Crippen LogP contribution < -0.4 is 0 Å². The normalized spacial score (nSPS) is 23.9. The number of hydrogen-bond acceptors (Lipinski definition) is 0. The predicted octanol–water partition coefficient (Wildman–Crippen LogP) is 14.5. The van der Waals surface area contributed by atoms with Gasteiger partial charge in [-0.05, 0) is 175 Å². The number of fused-ring (bicyclic) bond motifs is 2. The molecule has 0 N–H and O–H groups in total. The van der Waals surface area contributed by atoms with Crippen LogP contribution in [-0.2, 0) is 12.8 Å². The molecule has 4 aliphatic carbocycles. The maximum Gasteiger partial charge on any atom is 0.000174 e. The Morgan fingerprint density at radius 1 is 0.840 bits per heavy atom. The highest BCUT2D eigenvalue weighted by atomic mass is 14.4. The monoisotopic (exact) mass is 665 g/mol. The zero-order valence-electron chi connectivity index (χ0n) is 32.9. The SMILES string of the molecule is C=C(C)Cc1c(C)cc2c(c1-c1ccc(C)cc1)CC(c1ccc3c(c1)C(C1CCC(C4CC(C(=C)CC)C4)CC1)=CC3C)=C2.CC(C)(C)C. The van der Waals surface area contributed by atoms with Crippen LogP contribution in [0.15, 0.2) is 78.9 Å². The maximum absolute atomic E-state index is 4.34. The first-order valence-electron chi connectivity index (χ1n) is 19.8. The van der Waals surface area contributed by atoms with Gasteiger partial charge in [-0.1, -0.05) is 126 Å². The van der Waals surface area contributed by atoms with Gasteiger partial charge in [-0.15, -0.1) is 0 Å². The van der Waals surface area contributed by atoms with E-state index in [-0.39, 0.29) is 0 Å². The molecule has 1 atom stereocenters.